The molecule has 1 aromatic rings. The van der Waals surface area contributed by atoms with Gasteiger partial charge in [0.25, 0.3) is 0 Å². The molecule has 0 unspecified atom stereocenters. The number of nitrogens with two attached hydrogens (primary N) is 1. The fourth-order valence-corrected chi connectivity index (χ4v) is 4.46. The van der Waals surface area contributed by atoms with Gasteiger partial charge in [-0.15, -0.1) is 23.7 Å². The number of carbonyl (C=O) groups is 1. The number of anilines is 1. The first-order valence-corrected chi connectivity index (χ1v) is 7.35. The molecule has 19 heavy (non-hydrogen) atoms. The topological polar surface area (TPSA) is 75.8 Å². The number of halogens is 2. The van der Waals surface area contributed by atoms with Gasteiger partial charge in [0.05, 0.1) is 28.6 Å². The number of fused-ring (bicyclic) bond motifs is 1. The van der Waals surface area contributed by atoms with Crippen molar-refractivity contribution in [3.63, 3.8) is 0 Å². The van der Waals surface area contributed by atoms with Gasteiger partial charge >= 0.3 is 0 Å². The Morgan fingerprint density at radius 1 is 1.42 bits per heavy atom. The molecular formula is C11H14BrClN2O3S. The number of nitrogens with zero attached hydrogens (tertiary/aromatic N) is 1. The zero-order valence-electron chi connectivity index (χ0n) is 9.97. The molecule has 2 aliphatic rings. The van der Waals surface area contributed by atoms with E-state index in [0.717, 1.165) is 27.4 Å². The van der Waals surface area contributed by atoms with E-state index in [4.69, 9.17) is 10.5 Å². The van der Waals surface area contributed by atoms with Crippen molar-refractivity contribution in [2.45, 2.75) is 12.1 Å². The first kappa shape index (κ1) is 15.2. The van der Waals surface area contributed by atoms with E-state index in [2.05, 4.69) is 20.8 Å². The number of aliphatic hydroxyl groups excluding tert-OH is 1. The number of morpholine rings is 1. The monoisotopic (exact) mass is 368 g/mol. The molecule has 0 radical (unpaired) electrons. The van der Waals surface area contributed by atoms with Crippen molar-refractivity contribution in [3.05, 3.63) is 14.9 Å². The lowest BCUT2D eigenvalue weighted by molar-refractivity contribution is 0.0736. The number of hydrogen-bond acceptors (Lipinski definition) is 6. The summed E-state index contributed by atoms with van der Waals surface area (Å²) in [6.45, 7) is 2.84. The predicted octanol–water partition coefficient (Wildman–Crippen LogP) is 1.33. The summed E-state index contributed by atoms with van der Waals surface area (Å²) in [6, 6.07) is -0.618. The number of rotatable bonds is 1. The molecule has 3 N–H and O–H groups in total. The van der Waals surface area contributed by atoms with Crippen LogP contribution in [0.1, 0.15) is 22.0 Å². The summed E-state index contributed by atoms with van der Waals surface area (Å²) in [6.07, 6.45) is -1.11. The normalized spacial score (nSPS) is 26.3. The van der Waals surface area contributed by atoms with Crippen LogP contribution in [0.4, 0.5) is 5.00 Å². The SMILES string of the molecule is Cl.N[C@@H]1c2c(Br)sc(N3CCOCC3)c2C(=O)[C@@H]1O. The van der Waals surface area contributed by atoms with Crippen LogP contribution in [0.3, 0.4) is 0 Å². The Balaban J connectivity index is 0.00000133. The van der Waals surface area contributed by atoms with Crippen LogP contribution in [0.15, 0.2) is 3.79 Å². The van der Waals surface area contributed by atoms with Gasteiger partial charge in [-0.1, -0.05) is 0 Å². The van der Waals surface area contributed by atoms with Crippen molar-refractivity contribution < 1.29 is 14.6 Å². The molecule has 1 aliphatic heterocycles. The molecule has 8 heteroatoms. The van der Waals surface area contributed by atoms with Crippen molar-refractivity contribution in [2.24, 2.45) is 5.73 Å². The lowest BCUT2D eigenvalue weighted by Crippen LogP contribution is -2.36. The second kappa shape index (κ2) is 5.67. The van der Waals surface area contributed by atoms with Gasteiger partial charge in [0.15, 0.2) is 5.78 Å². The number of ether oxygens (including phenoxy) is 1. The number of Topliss-reactive ketones (excluding diaryl/α,β-unsaturated/α-hetero) is 1. The van der Waals surface area contributed by atoms with Crippen molar-refractivity contribution in [1.29, 1.82) is 0 Å². The number of aliphatic hydroxyl groups is 1. The third-order valence-electron chi connectivity index (χ3n) is 3.37. The van der Waals surface area contributed by atoms with Crippen molar-refractivity contribution in [2.75, 3.05) is 31.2 Å². The molecule has 1 saturated heterocycles. The third-order valence-corrected chi connectivity index (χ3v) is 5.34. The van der Waals surface area contributed by atoms with Gasteiger partial charge < -0.3 is 20.5 Å². The molecule has 2 atom stereocenters. The van der Waals surface area contributed by atoms with Crippen molar-refractivity contribution in [3.8, 4) is 0 Å². The Morgan fingerprint density at radius 2 is 2.05 bits per heavy atom. The smallest absolute Gasteiger partial charge is 0.196 e. The summed E-state index contributed by atoms with van der Waals surface area (Å²) in [5.74, 6) is -0.263. The highest BCUT2D eigenvalue weighted by molar-refractivity contribution is 9.11. The molecule has 0 aromatic carbocycles. The largest absolute Gasteiger partial charge is 0.383 e. The van der Waals surface area contributed by atoms with Crippen molar-refractivity contribution in [1.82, 2.24) is 0 Å². The fraction of sp³-hybridized carbons (Fsp3) is 0.545. The number of hydrogen-bond donors (Lipinski definition) is 2. The summed E-state index contributed by atoms with van der Waals surface area (Å²) >= 11 is 4.96. The van der Waals surface area contributed by atoms with Crippen LogP contribution in [0.5, 0.6) is 0 Å². The van der Waals surface area contributed by atoms with Gasteiger partial charge in [-0.2, -0.15) is 0 Å². The maximum absolute atomic E-state index is 12.1. The Bertz CT molecular complexity index is 504. The molecule has 1 aliphatic carbocycles. The van der Waals surface area contributed by atoms with E-state index in [1.807, 2.05) is 0 Å². The van der Waals surface area contributed by atoms with Crippen molar-refractivity contribution >= 4 is 50.5 Å². The van der Waals surface area contributed by atoms with E-state index < -0.39 is 12.1 Å². The summed E-state index contributed by atoms with van der Waals surface area (Å²) in [5, 5.41) is 10.7. The van der Waals surface area contributed by atoms with Crippen LogP contribution in [0.25, 0.3) is 0 Å². The molecule has 0 spiro atoms. The van der Waals surface area contributed by atoms with Crippen LogP contribution in [0.2, 0.25) is 0 Å². The van der Waals surface area contributed by atoms with Gasteiger partial charge in [0, 0.05) is 18.7 Å². The molecule has 1 aromatic heterocycles. The van der Waals surface area contributed by atoms with E-state index in [9.17, 15) is 9.90 Å². The molecule has 106 valence electrons. The average molecular weight is 370 g/mol. The molecule has 1 fully saturated rings. The summed E-state index contributed by atoms with van der Waals surface area (Å²) in [7, 11) is 0. The molecule has 0 bridgehead atoms. The molecule has 2 heterocycles. The quantitative estimate of drug-likeness (QED) is 0.781. The minimum absolute atomic E-state index is 0. The van der Waals surface area contributed by atoms with E-state index in [0.29, 0.717) is 18.8 Å². The van der Waals surface area contributed by atoms with E-state index >= 15 is 0 Å². The molecule has 0 amide bonds. The van der Waals surface area contributed by atoms with E-state index in [-0.39, 0.29) is 18.2 Å². The lowest BCUT2D eigenvalue weighted by Gasteiger charge is -2.28. The highest BCUT2D eigenvalue weighted by Gasteiger charge is 2.42. The Kier molecular flexibility index (Phi) is 4.54. The van der Waals surface area contributed by atoms with Crippen LogP contribution < -0.4 is 10.6 Å². The van der Waals surface area contributed by atoms with Crippen LogP contribution in [0, 0.1) is 0 Å². The highest BCUT2D eigenvalue weighted by Crippen LogP contribution is 2.47. The zero-order valence-corrected chi connectivity index (χ0v) is 13.2. The van der Waals surface area contributed by atoms with E-state index in [1.165, 1.54) is 11.3 Å². The maximum atomic E-state index is 12.1. The van der Waals surface area contributed by atoms with Gasteiger partial charge in [-0.3, -0.25) is 4.79 Å². The van der Waals surface area contributed by atoms with E-state index in [1.54, 1.807) is 0 Å². The molecular weight excluding hydrogens is 356 g/mol. The third kappa shape index (κ3) is 2.32. The van der Waals surface area contributed by atoms with Gasteiger partial charge in [0.1, 0.15) is 11.1 Å². The summed E-state index contributed by atoms with van der Waals surface area (Å²) in [5.41, 5.74) is 7.23. The predicted molar refractivity (Wildman–Crippen MR) is 79.6 cm³/mol. The molecule has 0 saturated carbocycles. The Hall–Kier alpha value is -0.180. The average Bonchev–Trinajstić information content (AvgIpc) is 2.84. The number of ketones is 1. The van der Waals surface area contributed by atoms with Gasteiger partial charge in [-0.05, 0) is 15.9 Å². The molecule has 3 rings (SSSR count). The first-order chi connectivity index (χ1) is 8.61. The Labute approximate surface area is 129 Å². The second-order valence-corrected chi connectivity index (χ2v) is 6.72. The standard InChI is InChI=1S/C11H13BrN2O3S.ClH/c12-10-5-6(8(15)9(16)7(5)13)11(18-10)14-1-3-17-4-2-14;/h7,9,16H,1-4,13H2;1H/t7-,9-;/m1./s1. The van der Waals surface area contributed by atoms with Crippen LogP contribution in [-0.4, -0.2) is 43.3 Å². The maximum Gasteiger partial charge on any atom is 0.196 e. The second-order valence-electron chi connectivity index (χ2n) is 4.40. The Morgan fingerprint density at radius 3 is 2.68 bits per heavy atom. The van der Waals surface area contributed by atoms with Crippen LogP contribution in [-0.2, 0) is 4.74 Å². The lowest BCUT2D eigenvalue weighted by atomic mass is 10.2. The number of thiophene rings is 1. The van der Waals surface area contributed by atoms with Gasteiger partial charge in [0.2, 0.25) is 0 Å². The minimum atomic E-state index is -1.11. The minimum Gasteiger partial charge on any atom is -0.383 e. The zero-order chi connectivity index (χ0) is 12.9. The molecule has 5 nitrogen and oxygen atoms in total. The summed E-state index contributed by atoms with van der Waals surface area (Å²) in [4.78, 5) is 14.2. The summed E-state index contributed by atoms with van der Waals surface area (Å²) < 4.78 is 6.15. The highest BCUT2D eigenvalue weighted by atomic mass is 79.9. The van der Waals surface area contributed by atoms with Crippen LogP contribution >= 0.6 is 39.7 Å². The van der Waals surface area contributed by atoms with Gasteiger partial charge in [-0.25, -0.2) is 0 Å². The fourth-order valence-electron chi connectivity index (χ4n) is 2.40. The first-order valence-electron chi connectivity index (χ1n) is 5.74. The number of carbonyl (C=O) groups excluding carboxylic acids is 1.